The molecule has 2 aromatic heterocycles. The van der Waals surface area contributed by atoms with Gasteiger partial charge in [0.2, 0.25) is 5.91 Å². The Hall–Kier alpha value is -2.92. The van der Waals surface area contributed by atoms with Crippen LogP contribution >= 0.6 is 23.1 Å². The third-order valence-corrected chi connectivity index (χ3v) is 6.85. The van der Waals surface area contributed by atoms with Crippen LogP contribution in [0.1, 0.15) is 40.6 Å². The van der Waals surface area contributed by atoms with Gasteiger partial charge >= 0.3 is 0 Å². The van der Waals surface area contributed by atoms with Crippen molar-refractivity contribution in [2.24, 2.45) is 0 Å². The summed E-state index contributed by atoms with van der Waals surface area (Å²) in [7, 11) is 1.58. The maximum absolute atomic E-state index is 12.6. The number of thiazole rings is 1. The van der Waals surface area contributed by atoms with Crippen LogP contribution in [0.4, 0.5) is 5.13 Å². The fourth-order valence-corrected chi connectivity index (χ4v) is 4.55. The van der Waals surface area contributed by atoms with Gasteiger partial charge in [0.05, 0.1) is 24.6 Å². The Kier molecular flexibility index (Phi) is 7.86. The van der Waals surface area contributed by atoms with Crippen LogP contribution in [0, 0.1) is 13.8 Å². The first-order chi connectivity index (χ1) is 15.3. The molecular weight excluding hydrogens is 448 g/mol. The van der Waals surface area contributed by atoms with Gasteiger partial charge in [-0.2, -0.15) is 0 Å². The number of nitrogens with zero attached hydrogens (tertiary/aromatic N) is 4. The van der Waals surface area contributed by atoms with Gasteiger partial charge in [0.25, 0.3) is 5.91 Å². The van der Waals surface area contributed by atoms with Gasteiger partial charge in [0, 0.05) is 17.0 Å². The molecule has 0 bridgehead atoms. The number of aryl methyl sites for hydroxylation is 2. The molecule has 2 amide bonds. The van der Waals surface area contributed by atoms with E-state index < -0.39 is 5.25 Å². The molecule has 1 atom stereocenters. The van der Waals surface area contributed by atoms with Gasteiger partial charge in [-0.3, -0.25) is 9.59 Å². The lowest BCUT2D eigenvalue weighted by atomic mass is 10.2. The average Bonchev–Trinajstić information content (AvgIpc) is 3.32. The van der Waals surface area contributed by atoms with E-state index in [2.05, 4.69) is 25.8 Å². The van der Waals surface area contributed by atoms with Crippen LogP contribution in [-0.4, -0.2) is 43.9 Å². The highest BCUT2D eigenvalue weighted by atomic mass is 32.2. The molecule has 0 saturated heterocycles. The van der Waals surface area contributed by atoms with Gasteiger partial charge < -0.3 is 19.9 Å². The number of hydrogen-bond acceptors (Lipinski definition) is 8. The quantitative estimate of drug-likeness (QED) is 0.457. The van der Waals surface area contributed by atoms with Gasteiger partial charge in [0.1, 0.15) is 5.75 Å². The van der Waals surface area contributed by atoms with Crippen molar-refractivity contribution in [2.45, 2.75) is 51.2 Å². The second-order valence-corrected chi connectivity index (χ2v) is 9.48. The number of thioether (sulfide) groups is 1. The molecule has 0 aliphatic rings. The van der Waals surface area contributed by atoms with Crippen LogP contribution in [0.15, 0.2) is 29.4 Å². The maximum atomic E-state index is 12.6. The van der Waals surface area contributed by atoms with Crippen molar-refractivity contribution in [3.8, 4) is 5.75 Å². The van der Waals surface area contributed by atoms with E-state index in [4.69, 9.17) is 4.74 Å². The molecule has 0 saturated carbocycles. The highest BCUT2D eigenvalue weighted by molar-refractivity contribution is 8.00. The zero-order chi connectivity index (χ0) is 23.3. The van der Waals surface area contributed by atoms with E-state index >= 15 is 0 Å². The van der Waals surface area contributed by atoms with E-state index in [0.29, 0.717) is 34.0 Å². The second-order valence-electron chi connectivity index (χ2n) is 6.96. The lowest BCUT2D eigenvalue weighted by Crippen LogP contribution is -2.25. The topological polar surface area (TPSA) is 111 Å². The van der Waals surface area contributed by atoms with Gasteiger partial charge in [-0.1, -0.05) is 11.8 Å². The first-order valence-corrected chi connectivity index (χ1v) is 11.8. The van der Waals surface area contributed by atoms with Gasteiger partial charge in [-0.05, 0) is 52.0 Å². The molecular formula is C21H26N6O3S2. The Bertz CT molecular complexity index is 1070. The summed E-state index contributed by atoms with van der Waals surface area (Å²) in [4.78, 5) is 30.4. The van der Waals surface area contributed by atoms with Crippen molar-refractivity contribution in [1.29, 1.82) is 0 Å². The molecule has 0 radical (unpaired) electrons. The summed E-state index contributed by atoms with van der Waals surface area (Å²) < 4.78 is 7.00. The van der Waals surface area contributed by atoms with Crippen molar-refractivity contribution in [3.05, 3.63) is 46.2 Å². The molecule has 2 N–H and O–H groups in total. The number of methoxy groups -OCH3 is 1. The van der Waals surface area contributed by atoms with Crippen LogP contribution in [0.2, 0.25) is 0 Å². The van der Waals surface area contributed by atoms with Crippen LogP contribution in [0.25, 0.3) is 0 Å². The van der Waals surface area contributed by atoms with Gasteiger partial charge in [0.15, 0.2) is 16.1 Å². The predicted octanol–water partition coefficient (Wildman–Crippen LogP) is 3.43. The van der Waals surface area contributed by atoms with E-state index in [1.807, 2.05) is 32.3 Å². The Morgan fingerprint density at radius 3 is 2.53 bits per heavy atom. The fourth-order valence-electron chi connectivity index (χ4n) is 2.80. The van der Waals surface area contributed by atoms with Crippen molar-refractivity contribution < 1.29 is 14.3 Å². The first kappa shape index (κ1) is 23.7. The summed E-state index contributed by atoms with van der Waals surface area (Å²) in [5.74, 6) is 0.945. The molecule has 2 heterocycles. The first-order valence-electron chi connectivity index (χ1n) is 10.1. The molecule has 0 aliphatic carbocycles. The Morgan fingerprint density at radius 1 is 1.22 bits per heavy atom. The zero-order valence-corrected chi connectivity index (χ0v) is 20.3. The standard InChI is InChI=1S/C21H26N6O3S2/c1-6-27-17(11-22-19(29)15-7-9-16(30-5)10-8-15)25-26-21(27)32-14(4)18(28)24-20-23-12(2)13(3)31-20/h7-10,14H,6,11H2,1-5H3,(H,22,29)(H,23,24,28). The molecule has 170 valence electrons. The van der Waals surface area contributed by atoms with Crippen molar-refractivity contribution in [2.75, 3.05) is 12.4 Å². The predicted molar refractivity (Wildman–Crippen MR) is 125 cm³/mol. The number of rotatable bonds is 9. The molecule has 0 spiro atoms. The van der Waals surface area contributed by atoms with Crippen LogP contribution < -0.4 is 15.4 Å². The highest BCUT2D eigenvalue weighted by Gasteiger charge is 2.21. The summed E-state index contributed by atoms with van der Waals surface area (Å²) in [5.41, 5.74) is 1.44. The number of ether oxygens (including phenoxy) is 1. The molecule has 11 heteroatoms. The number of anilines is 1. The minimum Gasteiger partial charge on any atom is -0.497 e. The number of hydrogen-bond donors (Lipinski definition) is 2. The lowest BCUT2D eigenvalue weighted by molar-refractivity contribution is -0.115. The minimum absolute atomic E-state index is 0.149. The number of nitrogens with one attached hydrogen (secondary N) is 2. The second kappa shape index (κ2) is 10.6. The Morgan fingerprint density at radius 2 is 1.94 bits per heavy atom. The minimum atomic E-state index is -0.393. The molecule has 0 fully saturated rings. The molecule has 1 unspecified atom stereocenters. The van der Waals surface area contributed by atoms with E-state index in [1.165, 1.54) is 23.1 Å². The number of carbonyl (C=O) groups excluding carboxylic acids is 2. The van der Waals surface area contributed by atoms with E-state index in [0.717, 1.165) is 10.6 Å². The fraction of sp³-hybridized carbons (Fsp3) is 0.381. The van der Waals surface area contributed by atoms with Crippen LogP contribution in [0.5, 0.6) is 5.75 Å². The largest absolute Gasteiger partial charge is 0.497 e. The third-order valence-electron chi connectivity index (χ3n) is 4.78. The van der Waals surface area contributed by atoms with Crippen molar-refractivity contribution in [3.63, 3.8) is 0 Å². The molecule has 9 nitrogen and oxygen atoms in total. The average molecular weight is 475 g/mol. The lowest BCUT2D eigenvalue weighted by Gasteiger charge is -2.12. The summed E-state index contributed by atoms with van der Waals surface area (Å²) in [6, 6.07) is 6.87. The molecule has 32 heavy (non-hydrogen) atoms. The summed E-state index contributed by atoms with van der Waals surface area (Å²) in [6.07, 6.45) is 0. The van der Waals surface area contributed by atoms with Gasteiger partial charge in [-0.15, -0.1) is 21.5 Å². The van der Waals surface area contributed by atoms with Gasteiger partial charge in [-0.25, -0.2) is 4.98 Å². The Balaban J connectivity index is 1.60. The molecule has 0 aliphatic heterocycles. The van der Waals surface area contributed by atoms with E-state index in [9.17, 15) is 9.59 Å². The molecule has 3 aromatic rings. The summed E-state index contributed by atoms with van der Waals surface area (Å²) in [6.45, 7) is 8.51. The highest BCUT2D eigenvalue weighted by Crippen LogP contribution is 2.26. The number of benzene rings is 1. The molecule has 1 aromatic carbocycles. The van der Waals surface area contributed by atoms with Crippen molar-refractivity contribution in [1.82, 2.24) is 25.1 Å². The SMILES string of the molecule is CCn1c(CNC(=O)c2ccc(OC)cc2)nnc1SC(C)C(=O)Nc1nc(C)c(C)s1. The van der Waals surface area contributed by atoms with E-state index in [-0.39, 0.29) is 18.4 Å². The number of carbonyl (C=O) groups is 2. The summed E-state index contributed by atoms with van der Waals surface area (Å²) in [5, 5.41) is 15.0. The zero-order valence-electron chi connectivity index (χ0n) is 18.6. The summed E-state index contributed by atoms with van der Waals surface area (Å²) >= 11 is 2.77. The van der Waals surface area contributed by atoms with Crippen molar-refractivity contribution >= 4 is 40.0 Å². The Labute approximate surface area is 195 Å². The van der Waals surface area contributed by atoms with Crippen LogP contribution in [0.3, 0.4) is 0 Å². The third kappa shape index (κ3) is 5.65. The normalized spacial score (nSPS) is 11.8. The van der Waals surface area contributed by atoms with Crippen LogP contribution in [-0.2, 0) is 17.9 Å². The number of amides is 2. The molecule has 3 rings (SSSR count). The smallest absolute Gasteiger partial charge is 0.251 e. The van der Waals surface area contributed by atoms with E-state index in [1.54, 1.807) is 31.4 Å². The number of aromatic nitrogens is 4. The maximum Gasteiger partial charge on any atom is 0.251 e. The monoisotopic (exact) mass is 474 g/mol.